The Hall–Kier alpha value is -0.780. The average Bonchev–Trinajstić information content (AvgIpc) is 1.94. The van der Waals surface area contributed by atoms with E-state index in [4.69, 9.17) is 0 Å². The van der Waals surface area contributed by atoms with Crippen LogP contribution in [-0.4, -0.2) is 24.9 Å². The molecule has 0 bridgehead atoms. The van der Waals surface area contributed by atoms with Crippen molar-refractivity contribution in [2.75, 3.05) is 6.61 Å². The van der Waals surface area contributed by atoms with Gasteiger partial charge in [0.25, 0.3) is 0 Å². The number of carbonyl (C=O) groups is 1. The predicted octanol–water partition coefficient (Wildman–Crippen LogP) is 0.484. The first-order valence-corrected chi connectivity index (χ1v) is 3.78. The summed E-state index contributed by atoms with van der Waals surface area (Å²) in [7, 11) is 0. The van der Waals surface area contributed by atoms with Crippen molar-refractivity contribution in [3.05, 3.63) is 0 Å². The van der Waals surface area contributed by atoms with Crippen LogP contribution in [0.15, 0.2) is 0 Å². The van der Waals surface area contributed by atoms with Gasteiger partial charge in [0.15, 0.2) is 6.10 Å². The molecule has 0 aromatic heterocycles. The van der Waals surface area contributed by atoms with Gasteiger partial charge in [-0.1, -0.05) is 13.3 Å². The first kappa shape index (κ1) is 12.2. The Balaban J connectivity index is 4.04. The number of carboxylic acid groups (broad SMARTS) is 1. The molecule has 1 atom stereocenters. The molecule has 0 fully saturated rings. The van der Waals surface area contributed by atoms with E-state index in [2.05, 4.69) is 4.74 Å². The summed E-state index contributed by atoms with van der Waals surface area (Å²) < 4.78 is 39.7. The molecule has 1 unspecified atom stereocenters. The lowest BCUT2D eigenvalue weighted by Crippen LogP contribution is -2.47. The Kier molecular flexibility index (Phi) is 4.76. The number of alkyl halides is 3. The van der Waals surface area contributed by atoms with Gasteiger partial charge in [0.2, 0.25) is 0 Å². The first-order valence-electron chi connectivity index (χ1n) is 3.78. The second kappa shape index (κ2) is 5.06. The van der Waals surface area contributed by atoms with Crippen molar-refractivity contribution in [2.24, 2.45) is 0 Å². The van der Waals surface area contributed by atoms with Crippen LogP contribution in [0.3, 0.4) is 0 Å². The molecule has 0 aliphatic heterocycles. The molecule has 0 amide bonds. The van der Waals surface area contributed by atoms with Crippen LogP contribution in [-0.2, 0) is 9.53 Å². The first-order chi connectivity index (χ1) is 5.89. The smallest absolute Gasteiger partial charge is 0.420 e. The van der Waals surface area contributed by atoms with Crippen molar-refractivity contribution in [3.63, 3.8) is 0 Å². The lowest BCUT2D eigenvalue weighted by Gasteiger charge is -2.21. The highest BCUT2D eigenvalue weighted by Gasteiger charge is 2.41. The zero-order chi connectivity index (χ0) is 10.5. The summed E-state index contributed by atoms with van der Waals surface area (Å²) in [4.78, 5) is 9.98. The fourth-order valence-electron chi connectivity index (χ4n) is 0.642. The average molecular weight is 199 g/mol. The fourth-order valence-corrected chi connectivity index (χ4v) is 0.642. The molecule has 3 nitrogen and oxygen atoms in total. The molecule has 0 aliphatic carbocycles. The summed E-state index contributed by atoms with van der Waals surface area (Å²) in [5, 5.41) is 9.98. The second-order valence-electron chi connectivity index (χ2n) is 2.47. The minimum atomic E-state index is -4.90. The summed E-state index contributed by atoms with van der Waals surface area (Å²) in [5.41, 5.74) is 0. The van der Waals surface area contributed by atoms with Crippen LogP contribution in [0.25, 0.3) is 0 Å². The van der Waals surface area contributed by atoms with Gasteiger partial charge in [0, 0.05) is 6.61 Å². The van der Waals surface area contributed by atoms with Gasteiger partial charge in [0.1, 0.15) is 0 Å². The minimum Gasteiger partial charge on any atom is -0.547 e. The Morgan fingerprint density at radius 3 is 2.38 bits per heavy atom. The SMILES string of the molecule is CCCCOC(C(=O)[O-])C(F)(F)F. The molecular weight excluding hydrogens is 189 g/mol. The van der Waals surface area contributed by atoms with E-state index in [0.29, 0.717) is 12.8 Å². The highest BCUT2D eigenvalue weighted by molar-refractivity contribution is 5.71. The molecule has 0 aromatic carbocycles. The molecule has 0 saturated carbocycles. The number of unbranched alkanes of at least 4 members (excludes halogenated alkanes) is 1. The van der Waals surface area contributed by atoms with Gasteiger partial charge in [-0.2, -0.15) is 13.2 Å². The van der Waals surface area contributed by atoms with Gasteiger partial charge in [-0.15, -0.1) is 0 Å². The molecule has 0 saturated heterocycles. The van der Waals surface area contributed by atoms with Crippen LogP contribution in [0.4, 0.5) is 13.2 Å². The molecule has 0 N–H and O–H groups in total. The molecular formula is C7H10F3O3-. The van der Waals surface area contributed by atoms with Crippen LogP contribution in [0, 0.1) is 0 Å². The van der Waals surface area contributed by atoms with Crippen LogP contribution >= 0.6 is 0 Å². The Bertz CT molecular complexity index is 167. The monoisotopic (exact) mass is 199 g/mol. The van der Waals surface area contributed by atoms with Gasteiger partial charge < -0.3 is 14.6 Å². The predicted molar refractivity (Wildman–Crippen MR) is 35.7 cm³/mol. The highest BCUT2D eigenvalue weighted by atomic mass is 19.4. The van der Waals surface area contributed by atoms with Crippen molar-refractivity contribution in [3.8, 4) is 0 Å². The standard InChI is InChI=1S/C7H11F3O3/c1-2-3-4-13-5(6(11)12)7(8,9)10/h5H,2-4H2,1H3,(H,11,12)/p-1. The molecule has 0 rings (SSSR count). The fraction of sp³-hybridized carbons (Fsp3) is 0.857. The van der Waals surface area contributed by atoms with E-state index < -0.39 is 18.2 Å². The molecule has 78 valence electrons. The maximum atomic E-state index is 11.9. The maximum Gasteiger partial charge on any atom is 0.420 e. The van der Waals surface area contributed by atoms with E-state index in [1.165, 1.54) is 0 Å². The van der Waals surface area contributed by atoms with E-state index >= 15 is 0 Å². The lowest BCUT2D eigenvalue weighted by molar-refractivity contribution is -0.336. The molecule has 0 aliphatic rings. The molecule has 0 spiro atoms. The topological polar surface area (TPSA) is 49.4 Å². The van der Waals surface area contributed by atoms with E-state index in [1.807, 2.05) is 0 Å². The van der Waals surface area contributed by atoms with Gasteiger partial charge >= 0.3 is 6.18 Å². The summed E-state index contributed by atoms with van der Waals surface area (Å²) in [6.07, 6.45) is -6.68. The van der Waals surface area contributed by atoms with Crippen molar-refractivity contribution < 1.29 is 27.8 Å². The zero-order valence-corrected chi connectivity index (χ0v) is 7.06. The van der Waals surface area contributed by atoms with Crippen LogP contribution in [0.1, 0.15) is 19.8 Å². The Labute approximate surface area is 73.5 Å². The summed E-state index contributed by atoms with van der Waals surface area (Å²) >= 11 is 0. The quantitative estimate of drug-likeness (QED) is 0.605. The van der Waals surface area contributed by atoms with Gasteiger partial charge in [-0.25, -0.2) is 0 Å². The third-order valence-electron chi connectivity index (χ3n) is 1.29. The highest BCUT2D eigenvalue weighted by Crippen LogP contribution is 2.22. The number of hydrogen-bond donors (Lipinski definition) is 0. The van der Waals surface area contributed by atoms with Crippen molar-refractivity contribution >= 4 is 5.97 Å². The summed E-state index contributed by atoms with van der Waals surface area (Å²) in [5.74, 6) is -2.25. The number of rotatable bonds is 5. The Morgan fingerprint density at radius 1 is 1.54 bits per heavy atom. The van der Waals surface area contributed by atoms with Crippen molar-refractivity contribution in [1.29, 1.82) is 0 Å². The van der Waals surface area contributed by atoms with Gasteiger partial charge in [-0.05, 0) is 6.42 Å². The van der Waals surface area contributed by atoms with E-state index in [0.717, 1.165) is 0 Å². The van der Waals surface area contributed by atoms with Crippen LogP contribution < -0.4 is 5.11 Å². The van der Waals surface area contributed by atoms with Crippen molar-refractivity contribution in [2.45, 2.75) is 32.0 Å². The third kappa shape index (κ3) is 4.72. The molecule has 0 radical (unpaired) electrons. The largest absolute Gasteiger partial charge is 0.547 e. The van der Waals surface area contributed by atoms with Crippen LogP contribution in [0.2, 0.25) is 0 Å². The van der Waals surface area contributed by atoms with E-state index in [-0.39, 0.29) is 6.61 Å². The number of hydrogen-bond acceptors (Lipinski definition) is 3. The second-order valence-corrected chi connectivity index (χ2v) is 2.47. The van der Waals surface area contributed by atoms with Gasteiger partial charge in [0.05, 0.1) is 5.97 Å². The zero-order valence-electron chi connectivity index (χ0n) is 7.06. The van der Waals surface area contributed by atoms with E-state index in [1.54, 1.807) is 6.92 Å². The molecule has 13 heavy (non-hydrogen) atoms. The summed E-state index contributed by atoms with van der Waals surface area (Å²) in [6, 6.07) is 0. The summed E-state index contributed by atoms with van der Waals surface area (Å²) in [6.45, 7) is 1.53. The number of carboxylic acids is 1. The normalized spacial score (nSPS) is 14.2. The van der Waals surface area contributed by atoms with Gasteiger partial charge in [-0.3, -0.25) is 0 Å². The number of halogens is 3. The lowest BCUT2D eigenvalue weighted by atomic mass is 10.3. The van der Waals surface area contributed by atoms with Crippen molar-refractivity contribution in [1.82, 2.24) is 0 Å². The number of carbonyl (C=O) groups excluding carboxylic acids is 1. The molecule has 0 heterocycles. The number of ether oxygens (including phenoxy) is 1. The molecule has 6 heteroatoms. The maximum absolute atomic E-state index is 11.9. The third-order valence-corrected chi connectivity index (χ3v) is 1.29. The Morgan fingerprint density at radius 2 is 2.08 bits per heavy atom. The molecule has 0 aromatic rings. The minimum absolute atomic E-state index is 0.228. The van der Waals surface area contributed by atoms with E-state index in [9.17, 15) is 23.1 Å². The van der Waals surface area contributed by atoms with Crippen LogP contribution in [0.5, 0.6) is 0 Å². The number of aliphatic carboxylic acids is 1.